The van der Waals surface area contributed by atoms with E-state index in [0.29, 0.717) is 0 Å². The number of halogens is 1. The van der Waals surface area contributed by atoms with Crippen molar-refractivity contribution in [2.75, 3.05) is 20.1 Å². The van der Waals surface area contributed by atoms with Gasteiger partial charge in [-0.15, -0.1) is 0 Å². The summed E-state index contributed by atoms with van der Waals surface area (Å²) >= 11 is 3.44. The topological polar surface area (TPSA) is 32.3 Å². The number of amides is 1. The Hall–Kier alpha value is -0.870. The highest BCUT2D eigenvalue weighted by Crippen LogP contribution is 2.19. The third-order valence-electron chi connectivity index (χ3n) is 3.52. The van der Waals surface area contributed by atoms with E-state index in [1.54, 1.807) is 7.05 Å². The summed E-state index contributed by atoms with van der Waals surface area (Å²) in [5.41, 5.74) is 1.33. The highest BCUT2D eigenvalue weighted by molar-refractivity contribution is 9.10. The molecule has 2 rings (SSSR count). The van der Waals surface area contributed by atoms with Crippen LogP contribution >= 0.6 is 15.9 Å². The maximum absolute atomic E-state index is 11.5. The largest absolute Gasteiger partial charge is 0.359 e. The predicted molar refractivity (Wildman–Crippen MR) is 76.2 cm³/mol. The summed E-state index contributed by atoms with van der Waals surface area (Å²) in [7, 11) is 1.72. The quantitative estimate of drug-likeness (QED) is 0.930. The minimum atomic E-state index is 0.193. The molecule has 1 saturated heterocycles. The molecule has 0 spiro atoms. The molecule has 0 bridgehead atoms. The average molecular weight is 311 g/mol. The fraction of sp³-hybridized carbons (Fsp3) is 0.500. The fourth-order valence-electron chi connectivity index (χ4n) is 2.41. The van der Waals surface area contributed by atoms with Crippen LogP contribution in [0, 0.1) is 5.92 Å². The van der Waals surface area contributed by atoms with Crippen molar-refractivity contribution in [3.8, 4) is 0 Å². The van der Waals surface area contributed by atoms with Gasteiger partial charge in [-0.25, -0.2) is 0 Å². The van der Waals surface area contributed by atoms with Gasteiger partial charge in [-0.1, -0.05) is 28.1 Å². The van der Waals surface area contributed by atoms with Crippen molar-refractivity contribution in [2.24, 2.45) is 5.92 Å². The molecule has 0 saturated carbocycles. The Morgan fingerprint density at radius 1 is 1.33 bits per heavy atom. The van der Waals surface area contributed by atoms with Gasteiger partial charge < -0.3 is 5.32 Å². The van der Waals surface area contributed by atoms with E-state index in [1.165, 1.54) is 5.56 Å². The second kappa shape index (κ2) is 6.34. The van der Waals surface area contributed by atoms with Gasteiger partial charge in [-0.05, 0) is 43.6 Å². The molecule has 4 heteroatoms. The minimum absolute atomic E-state index is 0.193. The van der Waals surface area contributed by atoms with Crippen molar-refractivity contribution >= 4 is 21.8 Å². The van der Waals surface area contributed by atoms with Crippen LogP contribution in [-0.2, 0) is 11.3 Å². The van der Waals surface area contributed by atoms with Crippen LogP contribution in [0.15, 0.2) is 28.7 Å². The van der Waals surface area contributed by atoms with E-state index in [0.717, 1.165) is 36.9 Å². The van der Waals surface area contributed by atoms with Crippen molar-refractivity contribution < 1.29 is 4.79 Å². The number of nitrogens with one attached hydrogen (secondary N) is 1. The molecule has 0 aliphatic carbocycles. The van der Waals surface area contributed by atoms with E-state index < -0.39 is 0 Å². The van der Waals surface area contributed by atoms with E-state index in [4.69, 9.17) is 0 Å². The normalized spacial score (nSPS) is 17.7. The SMILES string of the molecule is CNC(=O)C1CCN(Cc2ccc(Br)cc2)CC1. The van der Waals surface area contributed by atoms with E-state index >= 15 is 0 Å². The Bertz CT molecular complexity index is 397. The zero-order valence-electron chi connectivity index (χ0n) is 10.7. The summed E-state index contributed by atoms with van der Waals surface area (Å²) < 4.78 is 1.12. The number of carbonyl (C=O) groups excluding carboxylic acids is 1. The average Bonchev–Trinajstić information content (AvgIpc) is 2.41. The molecule has 1 N–H and O–H groups in total. The maximum atomic E-state index is 11.5. The van der Waals surface area contributed by atoms with Gasteiger partial charge in [0.15, 0.2) is 0 Å². The number of hydrogen-bond acceptors (Lipinski definition) is 2. The number of benzene rings is 1. The van der Waals surface area contributed by atoms with Crippen LogP contribution in [0.5, 0.6) is 0 Å². The van der Waals surface area contributed by atoms with Crippen LogP contribution in [0.2, 0.25) is 0 Å². The van der Waals surface area contributed by atoms with Crippen molar-refractivity contribution in [2.45, 2.75) is 19.4 Å². The summed E-state index contributed by atoms with van der Waals surface area (Å²) in [5.74, 6) is 0.398. The smallest absolute Gasteiger partial charge is 0.222 e. The molecule has 1 aliphatic rings. The molecular weight excluding hydrogens is 292 g/mol. The van der Waals surface area contributed by atoms with Crippen molar-refractivity contribution in [3.63, 3.8) is 0 Å². The Morgan fingerprint density at radius 2 is 1.94 bits per heavy atom. The van der Waals surface area contributed by atoms with Crippen LogP contribution in [-0.4, -0.2) is 30.9 Å². The molecule has 1 aliphatic heterocycles. The molecule has 1 fully saturated rings. The number of rotatable bonds is 3. The van der Waals surface area contributed by atoms with Gasteiger partial charge in [-0.2, -0.15) is 0 Å². The molecule has 1 aromatic rings. The first-order chi connectivity index (χ1) is 8.69. The molecule has 1 aromatic carbocycles. The second-order valence-electron chi connectivity index (χ2n) is 4.79. The molecule has 1 amide bonds. The van der Waals surface area contributed by atoms with Crippen LogP contribution in [0.1, 0.15) is 18.4 Å². The zero-order chi connectivity index (χ0) is 13.0. The molecule has 98 valence electrons. The van der Waals surface area contributed by atoms with Crippen LogP contribution in [0.4, 0.5) is 0 Å². The highest BCUT2D eigenvalue weighted by Gasteiger charge is 2.23. The van der Waals surface area contributed by atoms with Crippen LogP contribution in [0.3, 0.4) is 0 Å². The third-order valence-corrected chi connectivity index (χ3v) is 4.05. The summed E-state index contributed by atoms with van der Waals surface area (Å²) in [6.07, 6.45) is 1.94. The van der Waals surface area contributed by atoms with Gasteiger partial charge in [-0.3, -0.25) is 9.69 Å². The minimum Gasteiger partial charge on any atom is -0.359 e. The molecule has 0 unspecified atom stereocenters. The third kappa shape index (κ3) is 3.56. The van der Waals surface area contributed by atoms with Crippen LogP contribution < -0.4 is 5.32 Å². The first-order valence-electron chi connectivity index (χ1n) is 6.37. The van der Waals surface area contributed by atoms with Crippen molar-refractivity contribution in [1.82, 2.24) is 10.2 Å². The molecule has 1 heterocycles. The molecule has 18 heavy (non-hydrogen) atoms. The lowest BCUT2D eigenvalue weighted by Crippen LogP contribution is -2.39. The number of carbonyl (C=O) groups is 1. The first-order valence-corrected chi connectivity index (χ1v) is 7.16. The molecule has 0 aromatic heterocycles. The first kappa shape index (κ1) is 13.6. The standard InChI is InChI=1S/C14H19BrN2O/c1-16-14(18)12-6-8-17(9-7-12)10-11-2-4-13(15)5-3-11/h2-5,12H,6-10H2,1H3,(H,16,18). The van der Waals surface area contributed by atoms with Crippen molar-refractivity contribution in [1.29, 1.82) is 0 Å². The molecule has 0 atom stereocenters. The highest BCUT2D eigenvalue weighted by atomic mass is 79.9. The Labute approximate surface area is 117 Å². The fourth-order valence-corrected chi connectivity index (χ4v) is 2.67. The molecule has 0 radical (unpaired) electrons. The monoisotopic (exact) mass is 310 g/mol. The molecular formula is C14H19BrN2O. The Kier molecular flexibility index (Phi) is 4.78. The summed E-state index contributed by atoms with van der Waals surface area (Å²) in [6.45, 7) is 3.00. The maximum Gasteiger partial charge on any atom is 0.222 e. The van der Waals surface area contributed by atoms with Gasteiger partial charge >= 0.3 is 0 Å². The van der Waals surface area contributed by atoms with Gasteiger partial charge in [0.05, 0.1) is 0 Å². The summed E-state index contributed by atoms with van der Waals surface area (Å²) in [4.78, 5) is 14.0. The number of likely N-dealkylation sites (tertiary alicyclic amines) is 1. The summed E-state index contributed by atoms with van der Waals surface area (Å²) in [5, 5.41) is 2.74. The number of hydrogen-bond donors (Lipinski definition) is 1. The van der Waals surface area contributed by atoms with E-state index in [1.807, 2.05) is 0 Å². The lowest BCUT2D eigenvalue weighted by molar-refractivity contribution is -0.125. The van der Waals surface area contributed by atoms with E-state index in [2.05, 4.69) is 50.4 Å². The second-order valence-corrected chi connectivity index (χ2v) is 5.71. The van der Waals surface area contributed by atoms with Gasteiger partial charge in [0.1, 0.15) is 0 Å². The number of nitrogens with zero attached hydrogens (tertiary/aromatic N) is 1. The van der Waals surface area contributed by atoms with E-state index in [9.17, 15) is 4.79 Å². The Morgan fingerprint density at radius 3 is 2.50 bits per heavy atom. The number of piperidine rings is 1. The lowest BCUT2D eigenvalue weighted by Gasteiger charge is -2.31. The lowest BCUT2D eigenvalue weighted by atomic mass is 9.95. The molecule has 3 nitrogen and oxygen atoms in total. The van der Waals surface area contributed by atoms with Gasteiger partial charge in [0, 0.05) is 24.0 Å². The zero-order valence-corrected chi connectivity index (χ0v) is 12.2. The van der Waals surface area contributed by atoms with Crippen molar-refractivity contribution in [3.05, 3.63) is 34.3 Å². The van der Waals surface area contributed by atoms with E-state index in [-0.39, 0.29) is 11.8 Å². The predicted octanol–water partition coefficient (Wildman–Crippen LogP) is 2.41. The summed E-state index contributed by atoms with van der Waals surface area (Å²) in [6, 6.07) is 8.45. The Balaban J connectivity index is 1.83. The van der Waals surface area contributed by atoms with Gasteiger partial charge in [0.25, 0.3) is 0 Å². The van der Waals surface area contributed by atoms with Crippen LogP contribution in [0.25, 0.3) is 0 Å². The van der Waals surface area contributed by atoms with Gasteiger partial charge in [0.2, 0.25) is 5.91 Å².